The van der Waals surface area contributed by atoms with Gasteiger partial charge in [-0.25, -0.2) is 0 Å². The van der Waals surface area contributed by atoms with Gasteiger partial charge in [-0.05, 0) is 31.8 Å². The molecule has 0 radical (unpaired) electrons. The summed E-state index contributed by atoms with van der Waals surface area (Å²) in [7, 11) is 0. The van der Waals surface area contributed by atoms with Gasteiger partial charge in [0.15, 0.2) is 0 Å². The molecule has 2 nitrogen and oxygen atoms in total. The lowest BCUT2D eigenvalue weighted by molar-refractivity contribution is -0.136. The van der Waals surface area contributed by atoms with E-state index in [0.29, 0.717) is 18.5 Å². The molecule has 88 valence electrons. The lowest BCUT2D eigenvalue weighted by atomic mass is 10.1. The van der Waals surface area contributed by atoms with Crippen molar-refractivity contribution in [2.24, 2.45) is 5.92 Å². The zero-order valence-electron chi connectivity index (χ0n) is 8.69. The molecule has 0 unspecified atom stereocenters. The Kier molecular flexibility index (Phi) is 3.21. The van der Waals surface area contributed by atoms with Crippen LogP contribution in [0.4, 0.5) is 13.2 Å². The van der Waals surface area contributed by atoms with Crippen LogP contribution in [0, 0.1) is 5.92 Å². The summed E-state index contributed by atoms with van der Waals surface area (Å²) in [5, 5.41) is 3.39. The van der Waals surface area contributed by atoms with E-state index in [1.807, 2.05) is 0 Å². The molecule has 0 aliphatic carbocycles. The van der Waals surface area contributed by atoms with E-state index < -0.39 is 12.6 Å². The van der Waals surface area contributed by atoms with Crippen molar-refractivity contribution >= 4 is 0 Å². The zero-order valence-corrected chi connectivity index (χ0v) is 8.69. The highest BCUT2D eigenvalue weighted by atomic mass is 19.4. The molecule has 5 heteroatoms. The summed E-state index contributed by atoms with van der Waals surface area (Å²) < 4.78 is 35.8. The molecule has 0 saturated carbocycles. The predicted octanol–water partition coefficient (Wildman–Crippen LogP) is 1.62. The summed E-state index contributed by atoms with van der Waals surface area (Å²) in [5.41, 5.74) is 0. The highest BCUT2D eigenvalue weighted by Crippen LogP contribution is 2.26. The number of fused-ring (bicyclic) bond motifs is 1. The first-order chi connectivity index (χ1) is 7.04. The van der Waals surface area contributed by atoms with Gasteiger partial charge in [-0.1, -0.05) is 0 Å². The molecule has 1 N–H and O–H groups in total. The molecule has 0 aromatic rings. The third kappa shape index (κ3) is 3.08. The molecule has 2 aliphatic rings. The van der Waals surface area contributed by atoms with Crippen LogP contribution in [0.2, 0.25) is 0 Å². The zero-order chi connectivity index (χ0) is 10.9. The van der Waals surface area contributed by atoms with E-state index in [1.54, 1.807) is 0 Å². The van der Waals surface area contributed by atoms with Gasteiger partial charge < -0.3 is 10.2 Å². The molecular formula is C10H17F3N2. The molecule has 2 aliphatic heterocycles. The lowest BCUT2D eigenvalue weighted by Crippen LogP contribution is -2.31. The summed E-state index contributed by atoms with van der Waals surface area (Å²) in [6.45, 7) is 3.58. The van der Waals surface area contributed by atoms with Crippen molar-refractivity contribution in [3.05, 3.63) is 0 Å². The quantitative estimate of drug-likeness (QED) is 0.780. The van der Waals surface area contributed by atoms with E-state index in [0.717, 1.165) is 19.6 Å². The third-order valence-electron chi connectivity index (χ3n) is 3.37. The number of likely N-dealkylation sites (tertiary alicyclic amines) is 1. The van der Waals surface area contributed by atoms with E-state index in [1.165, 1.54) is 6.42 Å². The number of halogens is 3. The number of hydrogen-bond donors (Lipinski definition) is 1. The van der Waals surface area contributed by atoms with Gasteiger partial charge in [-0.15, -0.1) is 0 Å². The van der Waals surface area contributed by atoms with Crippen LogP contribution >= 0.6 is 0 Å². The van der Waals surface area contributed by atoms with Crippen molar-refractivity contribution < 1.29 is 13.2 Å². The largest absolute Gasteiger partial charge is 0.389 e. The van der Waals surface area contributed by atoms with Gasteiger partial charge in [0, 0.05) is 25.6 Å². The highest BCUT2D eigenvalue weighted by Gasteiger charge is 2.36. The monoisotopic (exact) mass is 222 g/mol. The number of alkyl halides is 3. The van der Waals surface area contributed by atoms with Crippen LogP contribution in [0.1, 0.15) is 19.3 Å². The lowest BCUT2D eigenvalue weighted by Gasteiger charge is -2.17. The third-order valence-corrected chi connectivity index (χ3v) is 3.37. The highest BCUT2D eigenvalue weighted by molar-refractivity contribution is 4.93. The second-order valence-electron chi connectivity index (χ2n) is 4.59. The number of nitrogens with one attached hydrogen (secondary N) is 1. The normalized spacial score (nSPS) is 32.2. The minimum Gasteiger partial charge on any atom is -0.312 e. The first-order valence-electron chi connectivity index (χ1n) is 5.57. The van der Waals surface area contributed by atoms with Gasteiger partial charge in [0.25, 0.3) is 0 Å². The average molecular weight is 222 g/mol. The van der Waals surface area contributed by atoms with Crippen LogP contribution in [0.15, 0.2) is 0 Å². The molecule has 0 bridgehead atoms. The molecule has 15 heavy (non-hydrogen) atoms. The SMILES string of the molecule is FC(F)(F)CCCN1C[C@@H]2CCN[C@@H]2C1. The first-order valence-corrected chi connectivity index (χ1v) is 5.57. The number of hydrogen-bond acceptors (Lipinski definition) is 2. The molecule has 0 amide bonds. The maximum Gasteiger partial charge on any atom is 0.389 e. The van der Waals surface area contributed by atoms with E-state index in [2.05, 4.69) is 10.2 Å². The predicted molar refractivity (Wildman–Crippen MR) is 51.6 cm³/mol. The Hall–Kier alpha value is -0.290. The van der Waals surface area contributed by atoms with Crippen LogP contribution in [0.3, 0.4) is 0 Å². The Morgan fingerprint density at radius 1 is 1.27 bits per heavy atom. The van der Waals surface area contributed by atoms with Crippen molar-refractivity contribution in [2.45, 2.75) is 31.5 Å². The maximum absolute atomic E-state index is 11.9. The van der Waals surface area contributed by atoms with Gasteiger partial charge >= 0.3 is 6.18 Å². The van der Waals surface area contributed by atoms with Crippen molar-refractivity contribution in [1.29, 1.82) is 0 Å². The van der Waals surface area contributed by atoms with Gasteiger partial charge in [0.05, 0.1) is 0 Å². The van der Waals surface area contributed by atoms with E-state index in [4.69, 9.17) is 0 Å². The first kappa shape index (κ1) is 11.2. The second kappa shape index (κ2) is 4.29. The second-order valence-corrected chi connectivity index (χ2v) is 4.59. The van der Waals surface area contributed by atoms with E-state index >= 15 is 0 Å². The Labute approximate surface area is 87.8 Å². The van der Waals surface area contributed by atoms with Crippen molar-refractivity contribution in [3.63, 3.8) is 0 Å². The molecule has 0 spiro atoms. The molecule has 2 atom stereocenters. The summed E-state index contributed by atoms with van der Waals surface area (Å²) >= 11 is 0. The summed E-state index contributed by atoms with van der Waals surface area (Å²) in [6.07, 6.45) is -3.22. The van der Waals surface area contributed by atoms with Crippen LogP contribution < -0.4 is 5.32 Å². The fourth-order valence-electron chi connectivity index (χ4n) is 2.62. The molecule has 2 saturated heterocycles. The Morgan fingerprint density at radius 3 is 2.73 bits per heavy atom. The van der Waals surface area contributed by atoms with E-state index in [9.17, 15) is 13.2 Å². The molecular weight excluding hydrogens is 205 g/mol. The van der Waals surface area contributed by atoms with Crippen molar-refractivity contribution in [2.75, 3.05) is 26.2 Å². The van der Waals surface area contributed by atoms with Crippen LogP contribution in [-0.2, 0) is 0 Å². The summed E-state index contributed by atoms with van der Waals surface area (Å²) in [4.78, 5) is 2.16. The molecule has 2 rings (SSSR count). The number of rotatable bonds is 3. The molecule has 0 aromatic carbocycles. The van der Waals surface area contributed by atoms with Crippen molar-refractivity contribution in [1.82, 2.24) is 10.2 Å². The maximum atomic E-state index is 11.9. The minimum absolute atomic E-state index is 0.239. The van der Waals surface area contributed by atoms with Gasteiger partial charge in [-0.2, -0.15) is 13.2 Å². The van der Waals surface area contributed by atoms with Crippen LogP contribution in [0.25, 0.3) is 0 Å². The van der Waals surface area contributed by atoms with Crippen LogP contribution in [0.5, 0.6) is 0 Å². The van der Waals surface area contributed by atoms with Gasteiger partial charge in [-0.3, -0.25) is 0 Å². The fourth-order valence-corrected chi connectivity index (χ4v) is 2.62. The number of nitrogens with zero attached hydrogens (tertiary/aromatic N) is 1. The molecule has 0 aromatic heterocycles. The summed E-state index contributed by atoms with van der Waals surface area (Å²) in [6, 6.07) is 0.538. The van der Waals surface area contributed by atoms with Crippen molar-refractivity contribution in [3.8, 4) is 0 Å². The smallest absolute Gasteiger partial charge is 0.312 e. The Bertz CT molecular complexity index is 205. The van der Waals surface area contributed by atoms with Gasteiger partial charge in [0.2, 0.25) is 0 Å². The fraction of sp³-hybridized carbons (Fsp3) is 1.00. The topological polar surface area (TPSA) is 15.3 Å². The Balaban J connectivity index is 1.65. The van der Waals surface area contributed by atoms with E-state index in [-0.39, 0.29) is 6.42 Å². The average Bonchev–Trinajstić information content (AvgIpc) is 2.60. The summed E-state index contributed by atoms with van der Waals surface area (Å²) in [5.74, 6) is 0.677. The van der Waals surface area contributed by atoms with Crippen LogP contribution in [-0.4, -0.2) is 43.3 Å². The minimum atomic E-state index is -3.99. The van der Waals surface area contributed by atoms with Gasteiger partial charge in [0.1, 0.15) is 0 Å². The molecule has 2 fully saturated rings. The molecule has 2 heterocycles. The standard InChI is InChI=1S/C10H17F3N2/c11-10(12,13)3-1-5-15-6-8-2-4-14-9(8)7-15/h8-9,14H,1-7H2/t8-,9+/m0/s1. The Morgan fingerprint density at radius 2 is 2.07 bits per heavy atom.